The number of rotatable bonds is 6. The minimum atomic E-state index is -4.66. The average Bonchev–Trinajstić information content (AvgIpc) is 3.29. The fourth-order valence-corrected chi connectivity index (χ4v) is 6.12. The van der Waals surface area contributed by atoms with Crippen molar-refractivity contribution >= 4 is 15.9 Å². The molecule has 0 spiro atoms. The number of allylic oxidation sites excluding steroid dienone is 2. The SMILES string of the molecule is CC1=C2[C@@H]1C[C@@H](C(=O)NCc1ccnc(-c3cnc(C(F)(F)F)nc3)c1)N2S(=O)(=O)c1ccc(F)cc1. The van der Waals surface area contributed by atoms with E-state index in [0.717, 1.165) is 46.5 Å². The third-order valence-electron chi connectivity index (χ3n) is 6.32. The van der Waals surface area contributed by atoms with Gasteiger partial charge in [0.2, 0.25) is 11.7 Å². The smallest absolute Gasteiger partial charge is 0.350 e. The molecule has 1 aromatic carbocycles. The molecule has 37 heavy (non-hydrogen) atoms. The van der Waals surface area contributed by atoms with Gasteiger partial charge in [0.15, 0.2) is 0 Å². The maximum absolute atomic E-state index is 13.3. The van der Waals surface area contributed by atoms with E-state index in [4.69, 9.17) is 0 Å². The highest BCUT2D eigenvalue weighted by atomic mass is 32.2. The van der Waals surface area contributed by atoms with Crippen molar-refractivity contribution in [1.29, 1.82) is 0 Å². The van der Waals surface area contributed by atoms with Crippen LogP contribution in [0, 0.1) is 11.7 Å². The van der Waals surface area contributed by atoms with Crippen LogP contribution in [0.5, 0.6) is 0 Å². The molecule has 0 saturated carbocycles. The molecule has 192 valence electrons. The number of alkyl halides is 3. The Labute approximate surface area is 209 Å². The molecule has 1 saturated heterocycles. The van der Waals surface area contributed by atoms with Gasteiger partial charge in [-0.3, -0.25) is 14.1 Å². The number of carbonyl (C=O) groups excluding carboxylic acids is 1. The highest BCUT2D eigenvalue weighted by Gasteiger charge is 2.55. The Hall–Kier alpha value is -3.87. The molecular formula is C24H19F4N5O3S. The number of hydrogen-bond acceptors (Lipinski definition) is 6. The maximum atomic E-state index is 13.3. The third-order valence-corrected chi connectivity index (χ3v) is 8.16. The van der Waals surface area contributed by atoms with Crippen LogP contribution in [0.25, 0.3) is 11.3 Å². The summed E-state index contributed by atoms with van der Waals surface area (Å²) in [5, 5.41) is 2.73. The first-order valence-electron chi connectivity index (χ1n) is 11.1. The van der Waals surface area contributed by atoms with Crippen molar-refractivity contribution in [3.8, 4) is 11.3 Å². The van der Waals surface area contributed by atoms with Crippen LogP contribution in [-0.2, 0) is 27.5 Å². The van der Waals surface area contributed by atoms with Gasteiger partial charge in [-0.1, -0.05) is 0 Å². The summed E-state index contributed by atoms with van der Waals surface area (Å²) < 4.78 is 79.2. The molecule has 2 aliphatic rings. The Morgan fingerprint density at radius 3 is 2.43 bits per heavy atom. The Kier molecular flexibility index (Phi) is 5.97. The standard InChI is InChI=1S/C24H19F4N5O3S/c1-13-18-9-20(33(21(13)18)37(35,36)17-4-2-16(25)3-5-17)22(34)30-10-14-6-7-29-19(8-14)15-11-31-23(32-12-15)24(26,27)28/h2-8,11-12,18,20H,9-10H2,1H3,(H,30,34)/t18-,20+/m1/s1. The zero-order chi connectivity index (χ0) is 26.5. The number of halogens is 4. The molecule has 0 unspecified atom stereocenters. The van der Waals surface area contributed by atoms with Crippen molar-refractivity contribution in [3.63, 3.8) is 0 Å². The zero-order valence-electron chi connectivity index (χ0n) is 19.2. The molecule has 13 heteroatoms. The molecule has 2 aromatic heterocycles. The fourth-order valence-electron chi connectivity index (χ4n) is 4.36. The van der Waals surface area contributed by atoms with Crippen LogP contribution in [-0.4, -0.2) is 39.6 Å². The first-order valence-corrected chi connectivity index (χ1v) is 12.5. The largest absolute Gasteiger partial charge is 0.451 e. The predicted molar refractivity (Wildman–Crippen MR) is 122 cm³/mol. The van der Waals surface area contributed by atoms with Crippen molar-refractivity contribution in [2.24, 2.45) is 5.92 Å². The molecule has 1 fully saturated rings. The third kappa shape index (κ3) is 4.66. The van der Waals surface area contributed by atoms with Crippen molar-refractivity contribution < 1.29 is 30.8 Å². The van der Waals surface area contributed by atoms with Crippen LogP contribution in [0.2, 0.25) is 0 Å². The number of nitrogens with zero attached hydrogens (tertiary/aromatic N) is 4. The Bertz CT molecular complexity index is 1510. The quantitative estimate of drug-likeness (QED) is 0.485. The summed E-state index contributed by atoms with van der Waals surface area (Å²) in [4.78, 5) is 23.7. The van der Waals surface area contributed by atoms with Gasteiger partial charge >= 0.3 is 6.18 Å². The monoisotopic (exact) mass is 533 g/mol. The summed E-state index contributed by atoms with van der Waals surface area (Å²) in [6.07, 6.45) is -0.901. The van der Waals surface area contributed by atoms with Crippen LogP contribution in [0.15, 0.2) is 71.2 Å². The number of fused-ring (bicyclic) bond motifs is 1. The van der Waals surface area contributed by atoms with Crippen LogP contribution in [0.1, 0.15) is 24.7 Å². The number of hydrogen-bond donors (Lipinski definition) is 1. The van der Waals surface area contributed by atoms with Gasteiger partial charge in [-0.2, -0.15) is 13.2 Å². The predicted octanol–water partition coefficient (Wildman–Crippen LogP) is 3.68. The molecule has 8 nitrogen and oxygen atoms in total. The second-order valence-electron chi connectivity index (χ2n) is 8.69. The minimum absolute atomic E-state index is 0.0273. The van der Waals surface area contributed by atoms with E-state index in [1.54, 1.807) is 12.1 Å². The maximum Gasteiger partial charge on any atom is 0.451 e. The van der Waals surface area contributed by atoms with Crippen LogP contribution >= 0.6 is 0 Å². The van der Waals surface area contributed by atoms with Crippen molar-refractivity contribution in [1.82, 2.24) is 24.6 Å². The number of amides is 1. The van der Waals surface area contributed by atoms with E-state index in [1.165, 1.54) is 6.20 Å². The normalized spacial score (nSPS) is 19.1. The van der Waals surface area contributed by atoms with Crippen molar-refractivity contribution in [2.75, 3.05) is 0 Å². The summed E-state index contributed by atoms with van der Waals surface area (Å²) in [6, 6.07) is 6.63. The molecule has 3 aromatic rings. The van der Waals surface area contributed by atoms with Gasteiger partial charge < -0.3 is 5.32 Å². The molecule has 1 amide bonds. The molecule has 1 aliphatic heterocycles. The Morgan fingerprint density at radius 1 is 1.11 bits per heavy atom. The van der Waals surface area contributed by atoms with Gasteiger partial charge in [0, 0.05) is 42.3 Å². The van der Waals surface area contributed by atoms with Crippen LogP contribution in [0.4, 0.5) is 17.6 Å². The lowest BCUT2D eigenvalue weighted by Crippen LogP contribution is -2.45. The van der Waals surface area contributed by atoms with Crippen molar-refractivity contribution in [2.45, 2.75) is 37.0 Å². The van der Waals surface area contributed by atoms with Gasteiger partial charge in [-0.05, 0) is 60.9 Å². The van der Waals surface area contributed by atoms with Gasteiger partial charge in [0.05, 0.1) is 10.6 Å². The van der Waals surface area contributed by atoms with E-state index in [0.29, 0.717) is 23.4 Å². The summed E-state index contributed by atoms with van der Waals surface area (Å²) in [5.74, 6) is -2.44. The van der Waals surface area contributed by atoms with Crippen molar-refractivity contribution in [3.05, 3.63) is 83.5 Å². The van der Waals surface area contributed by atoms with Crippen LogP contribution in [0.3, 0.4) is 0 Å². The molecule has 1 N–H and O–H groups in total. The number of sulfonamides is 1. The minimum Gasteiger partial charge on any atom is -0.350 e. The lowest BCUT2D eigenvalue weighted by molar-refractivity contribution is -0.145. The molecule has 5 rings (SSSR count). The number of aromatic nitrogens is 3. The molecule has 0 radical (unpaired) electrons. The molecule has 3 heterocycles. The summed E-state index contributed by atoms with van der Waals surface area (Å²) in [6.45, 7) is 1.84. The van der Waals surface area contributed by atoms with Gasteiger partial charge in [0.25, 0.3) is 10.0 Å². The Balaban J connectivity index is 1.31. The summed E-state index contributed by atoms with van der Waals surface area (Å²) >= 11 is 0. The fraction of sp³-hybridized carbons (Fsp3) is 0.250. The summed E-state index contributed by atoms with van der Waals surface area (Å²) in [5.41, 5.74) is 2.63. The van der Waals surface area contributed by atoms with E-state index in [1.807, 2.05) is 6.92 Å². The van der Waals surface area contributed by atoms with Gasteiger partial charge in [0.1, 0.15) is 11.9 Å². The topological polar surface area (TPSA) is 105 Å². The number of pyridine rings is 1. The zero-order valence-corrected chi connectivity index (χ0v) is 20.0. The average molecular weight is 534 g/mol. The Morgan fingerprint density at radius 2 is 1.78 bits per heavy atom. The molecule has 0 bridgehead atoms. The van der Waals surface area contributed by atoms with Gasteiger partial charge in [-0.25, -0.2) is 22.8 Å². The van der Waals surface area contributed by atoms with E-state index >= 15 is 0 Å². The van der Waals surface area contributed by atoms with E-state index < -0.39 is 39.8 Å². The van der Waals surface area contributed by atoms with E-state index in [-0.39, 0.29) is 22.9 Å². The number of nitrogens with one attached hydrogen (secondary N) is 1. The highest BCUT2D eigenvalue weighted by Crippen LogP contribution is 2.54. The second kappa shape index (κ2) is 8.91. The molecular weight excluding hydrogens is 514 g/mol. The second-order valence-corrected chi connectivity index (χ2v) is 10.5. The van der Waals surface area contributed by atoms with Crippen LogP contribution < -0.4 is 5.32 Å². The molecule has 2 atom stereocenters. The lowest BCUT2D eigenvalue weighted by Gasteiger charge is -2.26. The number of benzene rings is 1. The highest BCUT2D eigenvalue weighted by molar-refractivity contribution is 7.89. The van der Waals surface area contributed by atoms with E-state index in [2.05, 4.69) is 20.3 Å². The number of carbonyl (C=O) groups is 1. The molecule has 1 aliphatic carbocycles. The first-order chi connectivity index (χ1) is 17.5. The van der Waals surface area contributed by atoms with Gasteiger partial charge in [-0.15, -0.1) is 0 Å². The van der Waals surface area contributed by atoms with E-state index in [9.17, 15) is 30.8 Å². The summed E-state index contributed by atoms with van der Waals surface area (Å²) in [7, 11) is -4.09. The first kappa shape index (κ1) is 24.8. The lowest BCUT2D eigenvalue weighted by atomic mass is 10.1.